The highest BCUT2D eigenvalue weighted by Crippen LogP contribution is 2.16. The number of hydrogen-bond donors (Lipinski definition) is 1. The Kier molecular flexibility index (Phi) is 6.54. The van der Waals surface area contributed by atoms with E-state index < -0.39 is 4.92 Å². The highest BCUT2D eigenvalue weighted by atomic mass is 35.5. The van der Waals surface area contributed by atoms with Gasteiger partial charge in [0.2, 0.25) is 0 Å². The molecule has 0 spiro atoms. The van der Waals surface area contributed by atoms with Gasteiger partial charge in [0.05, 0.1) is 17.0 Å². The van der Waals surface area contributed by atoms with Gasteiger partial charge < -0.3 is 20.0 Å². The average Bonchev–Trinajstić information content (AvgIpc) is 3.16. The minimum Gasteiger partial charge on any atom is -0.467 e. The molecule has 2 heterocycles. The lowest BCUT2D eigenvalue weighted by atomic mass is 10.1. The minimum atomic E-state index is -0.509. The Morgan fingerprint density at radius 3 is 2.00 bits per heavy atom. The molecule has 10 heteroatoms. The summed E-state index contributed by atoms with van der Waals surface area (Å²) in [5.74, 6) is 0.178. The molecular weight excluding hydrogens is 376 g/mol. The molecule has 2 amide bonds. The van der Waals surface area contributed by atoms with E-state index in [9.17, 15) is 19.7 Å². The molecule has 0 saturated carbocycles. The number of benzene rings is 1. The Balaban J connectivity index is 0.00000261. The van der Waals surface area contributed by atoms with Crippen LogP contribution in [0, 0.1) is 10.1 Å². The summed E-state index contributed by atoms with van der Waals surface area (Å²) in [6, 6.07) is 7.12. The Morgan fingerprint density at radius 2 is 1.56 bits per heavy atom. The van der Waals surface area contributed by atoms with Crippen LogP contribution in [0.1, 0.15) is 26.5 Å². The largest absolute Gasteiger partial charge is 0.467 e. The van der Waals surface area contributed by atoms with E-state index in [1.54, 1.807) is 15.9 Å². The van der Waals surface area contributed by atoms with Crippen molar-refractivity contribution in [2.75, 3.05) is 26.2 Å². The molecule has 1 aliphatic rings. The minimum absolute atomic E-state index is 0. The van der Waals surface area contributed by atoms with Crippen molar-refractivity contribution in [3.63, 3.8) is 0 Å². The van der Waals surface area contributed by atoms with Crippen molar-refractivity contribution in [3.05, 3.63) is 63.6 Å². The fourth-order valence-electron chi connectivity index (χ4n) is 2.80. The van der Waals surface area contributed by atoms with Gasteiger partial charge in [0.15, 0.2) is 0 Å². The molecule has 1 aromatic carbocycles. The fraction of sp³-hybridized carbons (Fsp3) is 0.294. The van der Waals surface area contributed by atoms with Gasteiger partial charge in [0.25, 0.3) is 17.5 Å². The summed E-state index contributed by atoms with van der Waals surface area (Å²) in [7, 11) is 0. The lowest BCUT2D eigenvalue weighted by Crippen LogP contribution is -2.50. The Labute approximate surface area is 161 Å². The number of nitro benzene ring substituents is 1. The van der Waals surface area contributed by atoms with Crippen LogP contribution in [0.3, 0.4) is 0 Å². The van der Waals surface area contributed by atoms with E-state index in [0.717, 1.165) is 0 Å². The van der Waals surface area contributed by atoms with Gasteiger partial charge in [-0.25, -0.2) is 0 Å². The zero-order chi connectivity index (χ0) is 18.7. The number of hydrogen-bond acceptors (Lipinski definition) is 6. The third-order valence-electron chi connectivity index (χ3n) is 4.28. The molecule has 0 aliphatic carbocycles. The number of rotatable bonds is 4. The molecule has 1 aromatic heterocycles. The highest BCUT2D eigenvalue weighted by Gasteiger charge is 2.26. The van der Waals surface area contributed by atoms with Crippen molar-refractivity contribution in [2.45, 2.75) is 6.54 Å². The van der Waals surface area contributed by atoms with Gasteiger partial charge in [0, 0.05) is 43.9 Å². The molecule has 3 rings (SSSR count). The Bertz CT molecular complexity index is 828. The van der Waals surface area contributed by atoms with Gasteiger partial charge in [-0.05, 0) is 18.2 Å². The van der Waals surface area contributed by atoms with Crippen LogP contribution in [0.2, 0.25) is 0 Å². The first-order chi connectivity index (χ1) is 12.5. The summed E-state index contributed by atoms with van der Waals surface area (Å²) in [6.07, 6.45) is 1.39. The van der Waals surface area contributed by atoms with E-state index in [1.165, 1.54) is 30.5 Å². The second kappa shape index (κ2) is 8.65. The SMILES string of the molecule is Cl.NCc1cc(C(=O)N2CCN(C(=O)c3ccc([N+](=O)[O-])cc3)CC2)co1. The molecule has 0 bridgehead atoms. The van der Waals surface area contributed by atoms with Gasteiger partial charge in [-0.2, -0.15) is 0 Å². The van der Waals surface area contributed by atoms with Gasteiger partial charge in [-0.15, -0.1) is 12.4 Å². The summed E-state index contributed by atoms with van der Waals surface area (Å²) in [5, 5.41) is 10.7. The number of piperazine rings is 1. The number of halogens is 1. The fourth-order valence-corrected chi connectivity index (χ4v) is 2.80. The Hall–Kier alpha value is -2.91. The Morgan fingerprint density at radius 1 is 1.04 bits per heavy atom. The summed E-state index contributed by atoms with van der Waals surface area (Å²) >= 11 is 0. The standard InChI is InChI=1S/C17H18N4O5.ClH/c18-10-15-9-13(11-26-15)17(23)20-7-5-19(6-8-20)16(22)12-1-3-14(4-2-12)21(24)25;/h1-4,9,11H,5-8,10,18H2;1H. The molecule has 2 aromatic rings. The van der Waals surface area contributed by atoms with Gasteiger partial charge >= 0.3 is 0 Å². The topological polar surface area (TPSA) is 123 Å². The molecule has 0 unspecified atom stereocenters. The number of carbonyl (C=O) groups is 2. The van der Waals surface area contributed by atoms with Crippen molar-refractivity contribution < 1.29 is 18.9 Å². The number of nitrogens with two attached hydrogens (primary N) is 1. The number of nitrogens with zero attached hydrogens (tertiary/aromatic N) is 3. The monoisotopic (exact) mass is 394 g/mol. The van der Waals surface area contributed by atoms with E-state index in [-0.39, 0.29) is 36.5 Å². The lowest BCUT2D eigenvalue weighted by Gasteiger charge is -2.34. The number of amides is 2. The third kappa shape index (κ3) is 4.44. The first-order valence-corrected chi connectivity index (χ1v) is 8.10. The van der Waals surface area contributed by atoms with E-state index in [1.807, 2.05) is 0 Å². The number of non-ortho nitro benzene ring substituents is 1. The molecule has 0 atom stereocenters. The van der Waals surface area contributed by atoms with Crippen molar-refractivity contribution in [1.82, 2.24) is 9.80 Å². The second-order valence-electron chi connectivity index (χ2n) is 5.89. The van der Waals surface area contributed by atoms with Crippen molar-refractivity contribution >= 4 is 29.9 Å². The molecule has 0 radical (unpaired) electrons. The van der Waals surface area contributed by atoms with Gasteiger partial charge in [-0.1, -0.05) is 0 Å². The van der Waals surface area contributed by atoms with Crippen LogP contribution in [-0.4, -0.2) is 52.7 Å². The summed E-state index contributed by atoms with van der Waals surface area (Å²) in [4.78, 5) is 38.4. The van der Waals surface area contributed by atoms with Crippen molar-refractivity contribution in [3.8, 4) is 0 Å². The molecular formula is C17H19ClN4O5. The molecule has 1 fully saturated rings. The van der Waals surface area contributed by atoms with E-state index in [2.05, 4.69) is 0 Å². The van der Waals surface area contributed by atoms with E-state index >= 15 is 0 Å². The average molecular weight is 395 g/mol. The summed E-state index contributed by atoms with van der Waals surface area (Å²) in [6.45, 7) is 1.82. The van der Waals surface area contributed by atoms with E-state index in [4.69, 9.17) is 10.2 Å². The van der Waals surface area contributed by atoms with Gasteiger partial charge in [-0.3, -0.25) is 19.7 Å². The van der Waals surface area contributed by atoms with Crippen LogP contribution in [0.5, 0.6) is 0 Å². The van der Waals surface area contributed by atoms with Crippen LogP contribution in [0.4, 0.5) is 5.69 Å². The predicted octanol–water partition coefficient (Wildman–Crippen LogP) is 1.67. The van der Waals surface area contributed by atoms with Crippen molar-refractivity contribution in [2.24, 2.45) is 5.73 Å². The quantitative estimate of drug-likeness (QED) is 0.621. The predicted molar refractivity (Wildman–Crippen MR) is 98.8 cm³/mol. The first kappa shape index (κ1) is 20.4. The normalized spacial score (nSPS) is 13.8. The second-order valence-corrected chi connectivity index (χ2v) is 5.89. The van der Waals surface area contributed by atoms with Crippen molar-refractivity contribution in [1.29, 1.82) is 0 Å². The smallest absolute Gasteiger partial charge is 0.269 e. The number of furan rings is 1. The summed E-state index contributed by atoms with van der Waals surface area (Å²) in [5.41, 5.74) is 6.24. The zero-order valence-electron chi connectivity index (χ0n) is 14.4. The number of carbonyl (C=O) groups excluding carboxylic acids is 2. The lowest BCUT2D eigenvalue weighted by molar-refractivity contribution is -0.384. The highest BCUT2D eigenvalue weighted by molar-refractivity contribution is 5.96. The number of nitro groups is 1. The molecule has 2 N–H and O–H groups in total. The maximum Gasteiger partial charge on any atom is 0.269 e. The van der Waals surface area contributed by atoms with Crippen LogP contribution < -0.4 is 5.73 Å². The molecule has 144 valence electrons. The molecule has 1 saturated heterocycles. The van der Waals surface area contributed by atoms with Crippen LogP contribution in [-0.2, 0) is 6.54 Å². The maximum absolute atomic E-state index is 12.5. The molecule has 9 nitrogen and oxygen atoms in total. The maximum atomic E-state index is 12.5. The van der Waals surface area contributed by atoms with Crippen LogP contribution in [0.25, 0.3) is 0 Å². The molecule has 27 heavy (non-hydrogen) atoms. The zero-order valence-corrected chi connectivity index (χ0v) is 15.2. The van der Waals surface area contributed by atoms with Crippen LogP contribution >= 0.6 is 12.4 Å². The van der Waals surface area contributed by atoms with Gasteiger partial charge in [0.1, 0.15) is 12.0 Å². The van der Waals surface area contributed by atoms with Crippen LogP contribution in [0.15, 0.2) is 41.0 Å². The summed E-state index contributed by atoms with van der Waals surface area (Å²) < 4.78 is 5.18. The third-order valence-corrected chi connectivity index (χ3v) is 4.28. The molecule has 1 aliphatic heterocycles. The first-order valence-electron chi connectivity index (χ1n) is 8.10. The van der Waals surface area contributed by atoms with E-state index in [0.29, 0.717) is 43.1 Å².